The van der Waals surface area contributed by atoms with Crippen molar-refractivity contribution in [2.45, 2.75) is 12.8 Å². The Kier molecular flexibility index (Phi) is 5.51. The highest BCUT2D eigenvalue weighted by molar-refractivity contribution is 8.26. The zero-order chi connectivity index (χ0) is 17.0. The Balaban J connectivity index is 2.19. The molecule has 0 spiro atoms. The molecular formula is C15H11NO5S2-2. The summed E-state index contributed by atoms with van der Waals surface area (Å²) in [6.07, 6.45) is 1.52. The van der Waals surface area contributed by atoms with Gasteiger partial charge in [0.1, 0.15) is 4.32 Å². The summed E-state index contributed by atoms with van der Waals surface area (Å²) in [5.74, 6) is -2.89. The number of thioether (sulfide) groups is 1. The maximum Gasteiger partial charge on any atom is 0.266 e. The van der Waals surface area contributed by atoms with E-state index in [1.807, 2.05) is 0 Å². The fourth-order valence-corrected chi connectivity index (χ4v) is 3.32. The van der Waals surface area contributed by atoms with Crippen LogP contribution in [0.25, 0.3) is 6.08 Å². The molecule has 0 saturated carbocycles. The third kappa shape index (κ3) is 4.17. The van der Waals surface area contributed by atoms with Crippen molar-refractivity contribution in [1.82, 2.24) is 4.90 Å². The van der Waals surface area contributed by atoms with E-state index in [4.69, 9.17) is 12.2 Å². The lowest BCUT2D eigenvalue weighted by Crippen LogP contribution is -2.30. The molecule has 1 aliphatic heterocycles. The first-order valence-corrected chi connectivity index (χ1v) is 7.88. The predicted octanol–water partition coefficient (Wildman–Crippen LogP) is -0.219. The summed E-state index contributed by atoms with van der Waals surface area (Å²) in [5.41, 5.74) is 0.331. The Bertz CT molecular complexity index is 714. The summed E-state index contributed by atoms with van der Waals surface area (Å²) < 4.78 is 0.311. The van der Waals surface area contributed by atoms with Crippen LogP contribution in [0.15, 0.2) is 29.2 Å². The Morgan fingerprint density at radius 3 is 2.61 bits per heavy atom. The van der Waals surface area contributed by atoms with Gasteiger partial charge in [-0.25, -0.2) is 0 Å². The molecule has 120 valence electrons. The second-order valence-corrected chi connectivity index (χ2v) is 6.36. The van der Waals surface area contributed by atoms with E-state index in [1.54, 1.807) is 18.2 Å². The Labute approximate surface area is 141 Å². The molecule has 0 aliphatic carbocycles. The second kappa shape index (κ2) is 7.38. The topological polar surface area (TPSA) is 101 Å². The van der Waals surface area contributed by atoms with Gasteiger partial charge >= 0.3 is 0 Å². The number of hydrogen-bond donors (Lipinski definition) is 0. The Hall–Kier alpha value is -2.19. The molecule has 1 aromatic carbocycles. The van der Waals surface area contributed by atoms with Gasteiger partial charge in [-0.15, -0.1) is 0 Å². The zero-order valence-electron chi connectivity index (χ0n) is 11.8. The smallest absolute Gasteiger partial charge is 0.266 e. The summed E-state index contributed by atoms with van der Waals surface area (Å²) in [7, 11) is 0. The molecule has 0 aromatic heterocycles. The normalized spacial score (nSPS) is 16.2. The third-order valence-electron chi connectivity index (χ3n) is 3.10. The van der Waals surface area contributed by atoms with Crippen LogP contribution in [0.4, 0.5) is 0 Å². The van der Waals surface area contributed by atoms with E-state index in [0.717, 1.165) is 11.8 Å². The molecule has 0 bridgehead atoms. The number of nitrogens with zero attached hydrogens (tertiary/aromatic N) is 1. The van der Waals surface area contributed by atoms with E-state index in [-0.39, 0.29) is 35.8 Å². The highest BCUT2D eigenvalue weighted by Gasteiger charge is 2.31. The van der Waals surface area contributed by atoms with E-state index < -0.39 is 11.9 Å². The molecule has 8 heteroatoms. The average Bonchev–Trinajstić information content (AvgIpc) is 2.74. The van der Waals surface area contributed by atoms with Gasteiger partial charge in [-0.1, -0.05) is 48.2 Å². The monoisotopic (exact) mass is 349 g/mol. The summed E-state index contributed by atoms with van der Waals surface area (Å²) in [5, 5.41) is 21.5. The first-order chi connectivity index (χ1) is 10.9. The summed E-state index contributed by atoms with van der Waals surface area (Å²) >= 11 is 6.16. The van der Waals surface area contributed by atoms with Gasteiger partial charge in [0.05, 0.1) is 10.9 Å². The number of amides is 1. The number of rotatable bonds is 6. The van der Waals surface area contributed by atoms with Gasteiger partial charge in [-0.2, -0.15) is 0 Å². The van der Waals surface area contributed by atoms with Gasteiger partial charge in [0.2, 0.25) is 0 Å². The third-order valence-corrected chi connectivity index (χ3v) is 4.48. The van der Waals surface area contributed by atoms with E-state index in [1.165, 1.54) is 17.0 Å². The van der Waals surface area contributed by atoms with Gasteiger partial charge in [-0.05, 0) is 24.5 Å². The summed E-state index contributed by atoms with van der Waals surface area (Å²) in [6.45, 7) is 0.179. The molecule has 2 rings (SSSR count). The molecule has 6 nitrogen and oxygen atoms in total. The fourth-order valence-electron chi connectivity index (χ4n) is 2.02. The van der Waals surface area contributed by atoms with Gasteiger partial charge in [0, 0.05) is 18.1 Å². The number of aliphatic carboxylic acids is 1. The van der Waals surface area contributed by atoms with Crippen molar-refractivity contribution in [3.05, 3.63) is 40.3 Å². The number of thiocarbonyl (C=S) groups is 1. The Morgan fingerprint density at radius 1 is 1.26 bits per heavy atom. The fraction of sp³-hybridized carbons (Fsp3) is 0.200. The molecule has 0 atom stereocenters. The summed E-state index contributed by atoms with van der Waals surface area (Å²) in [6, 6.07) is 6.17. The van der Waals surface area contributed by atoms with Crippen LogP contribution in [-0.4, -0.2) is 33.6 Å². The quantitative estimate of drug-likeness (QED) is 0.517. The lowest BCUT2D eigenvalue weighted by atomic mass is 10.1. The van der Waals surface area contributed by atoms with Crippen molar-refractivity contribution in [3.63, 3.8) is 0 Å². The number of carboxylic acid groups (broad SMARTS) is 2. The van der Waals surface area contributed by atoms with E-state index in [0.29, 0.717) is 9.88 Å². The van der Waals surface area contributed by atoms with E-state index >= 15 is 0 Å². The van der Waals surface area contributed by atoms with Gasteiger partial charge in [-0.3, -0.25) is 9.69 Å². The maximum absolute atomic E-state index is 12.3. The van der Waals surface area contributed by atoms with Gasteiger partial charge < -0.3 is 19.8 Å². The first kappa shape index (κ1) is 17.2. The van der Waals surface area contributed by atoms with Crippen molar-refractivity contribution in [2.24, 2.45) is 0 Å². The Morgan fingerprint density at radius 2 is 1.96 bits per heavy atom. The molecule has 1 saturated heterocycles. The second-order valence-electron chi connectivity index (χ2n) is 4.68. The highest BCUT2D eigenvalue weighted by Crippen LogP contribution is 2.33. The lowest BCUT2D eigenvalue weighted by molar-refractivity contribution is -0.305. The molecule has 1 aromatic rings. The van der Waals surface area contributed by atoms with Crippen molar-refractivity contribution in [2.75, 3.05) is 6.54 Å². The molecule has 1 fully saturated rings. The molecular weight excluding hydrogens is 338 g/mol. The molecule has 0 N–H and O–H groups in total. The number of carbonyl (C=O) groups excluding carboxylic acids is 3. The highest BCUT2D eigenvalue weighted by atomic mass is 32.2. The zero-order valence-corrected chi connectivity index (χ0v) is 13.4. The number of carbonyl (C=O) groups is 3. The largest absolute Gasteiger partial charge is 0.550 e. The number of benzene rings is 1. The minimum Gasteiger partial charge on any atom is -0.550 e. The van der Waals surface area contributed by atoms with Crippen molar-refractivity contribution in [1.29, 1.82) is 0 Å². The van der Waals surface area contributed by atoms with Crippen LogP contribution in [-0.2, 0) is 9.59 Å². The van der Waals surface area contributed by atoms with Crippen LogP contribution in [0.1, 0.15) is 28.8 Å². The molecule has 0 unspecified atom stereocenters. The molecule has 1 amide bonds. The molecule has 1 heterocycles. The van der Waals surface area contributed by atoms with Crippen LogP contribution in [0.3, 0.4) is 0 Å². The first-order valence-electron chi connectivity index (χ1n) is 6.65. The standard InChI is InChI=1S/C15H13NO5S2/c17-12(18)6-3-7-16-13(19)11(23-15(16)22)8-9-4-1-2-5-10(9)14(20)21/h1-2,4-5,8H,3,6-7H2,(H,17,18)(H,20,21)/p-2/b11-8-. The van der Waals surface area contributed by atoms with Crippen LogP contribution < -0.4 is 10.2 Å². The van der Waals surface area contributed by atoms with E-state index in [2.05, 4.69) is 0 Å². The van der Waals surface area contributed by atoms with Crippen LogP contribution in [0, 0.1) is 0 Å². The number of aromatic carboxylic acids is 1. The molecule has 23 heavy (non-hydrogen) atoms. The van der Waals surface area contributed by atoms with Gasteiger partial charge in [0.15, 0.2) is 0 Å². The van der Waals surface area contributed by atoms with Crippen molar-refractivity contribution in [3.8, 4) is 0 Å². The number of carboxylic acids is 2. The van der Waals surface area contributed by atoms with Crippen LogP contribution >= 0.6 is 24.0 Å². The number of hydrogen-bond acceptors (Lipinski definition) is 7. The predicted molar refractivity (Wildman–Crippen MR) is 84.9 cm³/mol. The molecule has 0 radical (unpaired) electrons. The lowest BCUT2D eigenvalue weighted by Gasteiger charge is -2.14. The van der Waals surface area contributed by atoms with Crippen LogP contribution in [0.2, 0.25) is 0 Å². The van der Waals surface area contributed by atoms with E-state index in [9.17, 15) is 24.6 Å². The average molecular weight is 349 g/mol. The summed E-state index contributed by atoms with van der Waals surface area (Å²) in [4.78, 5) is 35.4. The van der Waals surface area contributed by atoms with Gasteiger partial charge in [0.25, 0.3) is 5.91 Å². The van der Waals surface area contributed by atoms with Crippen molar-refractivity contribution >= 4 is 52.2 Å². The minimum absolute atomic E-state index is 0.0188. The SMILES string of the molecule is O=C([O-])CCCN1C(=O)/C(=C/c2ccccc2C(=O)[O-])SC1=S. The van der Waals surface area contributed by atoms with Crippen LogP contribution in [0.5, 0.6) is 0 Å². The van der Waals surface area contributed by atoms with Crippen molar-refractivity contribution < 1.29 is 24.6 Å². The molecule has 1 aliphatic rings. The minimum atomic E-state index is -1.33. The maximum atomic E-state index is 12.3.